The van der Waals surface area contributed by atoms with Crippen LogP contribution in [-0.2, 0) is 28.6 Å². The number of unbranched alkanes of at least 4 members (excludes halogenated alkanes) is 35. The van der Waals surface area contributed by atoms with Gasteiger partial charge in [-0.05, 0) is 77.0 Å². The Balaban J connectivity index is 4.35. The van der Waals surface area contributed by atoms with Crippen LogP contribution in [0, 0.1) is 0 Å². The van der Waals surface area contributed by atoms with Gasteiger partial charge in [-0.1, -0.05) is 262 Å². The second-order valence-electron chi connectivity index (χ2n) is 19.9. The van der Waals surface area contributed by atoms with Crippen LogP contribution in [0.4, 0.5) is 0 Å². The Morgan fingerprint density at radius 3 is 0.882 bits per heavy atom. The Labute approximate surface area is 422 Å². The Hall–Kier alpha value is -2.63. The smallest absolute Gasteiger partial charge is 0.306 e. The minimum Gasteiger partial charge on any atom is -0.462 e. The summed E-state index contributed by atoms with van der Waals surface area (Å²) < 4.78 is 16.9. The first-order valence-electron chi connectivity index (χ1n) is 29.6. The molecule has 0 aliphatic heterocycles. The summed E-state index contributed by atoms with van der Waals surface area (Å²) in [4.78, 5) is 38.2. The lowest BCUT2D eigenvalue weighted by Gasteiger charge is -2.18. The first-order valence-corrected chi connectivity index (χ1v) is 29.6. The Morgan fingerprint density at radius 2 is 0.544 bits per heavy atom. The number of carbonyl (C=O) groups excluding carboxylic acids is 3. The van der Waals surface area contributed by atoms with E-state index in [0.717, 1.165) is 83.5 Å². The van der Waals surface area contributed by atoms with E-state index in [1.54, 1.807) is 0 Å². The number of ether oxygens (including phenoxy) is 3. The summed E-state index contributed by atoms with van der Waals surface area (Å²) in [7, 11) is 0. The molecule has 0 aliphatic carbocycles. The fraction of sp³-hybridized carbons (Fsp3) is 0.823. The van der Waals surface area contributed by atoms with Gasteiger partial charge in [0.1, 0.15) is 13.2 Å². The van der Waals surface area contributed by atoms with Crippen LogP contribution < -0.4 is 0 Å². The van der Waals surface area contributed by atoms with E-state index in [1.807, 2.05) is 0 Å². The van der Waals surface area contributed by atoms with Gasteiger partial charge in [0.25, 0.3) is 0 Å². The highest BCUT2D eigenvalue weighted by atomic mass is 16.6. The monoisotopic (exact) mass is 953 g/mol. The zero-order chi connectivity index (χ0) is 49.3. The summed E-state index contributed by atoms with van der Waals surface area (Å²) in [6.07, 6.45) is 69.5. The molecule has 6 nitrogen and oxygen atoms in total. The average Bonchev–Trinajstić information content (AvgIpc) is 3.34. The summed E-state index contributed by atoms with van der Waals surface area (Å²) in [5, 5.41) is 0. The number of allylic oxidation sites excluding steroid dienone is 8. The largest absolute Gasteiger partial charge is 0.462 e. The van der Waals surface area contributed by atoms with Crippen molar-refractivity contribution in [2.24, 2.45) is 0 Å². The molecule has 1 unspecified atom stereocenters. The van der Waals surface area contributed by atoms with Crippen LogP contribution in [0.3, 0.4) is 0 Å². The molecule has 0 aliphatic rings. The second kappa shape index (κ2) is 57.0. The predicted octanol–water partition coefficient (Wildman–Crippen LogP) is 19.8. The highest BCUT2D eigenvalue weighted by Crippen LogP contribution is 2.16. The summed E-state index contributed by atoms with van der Waals surface area (Å²) in [6.45, 7) is 6.60. The molecule has 0 heterocycles. The van der Waals surface area contributed by atoms with E-state index in [4.69, 9.17) is 14.2 Å². The van der Waals surface area contributed by atoms with Crippen molar-refractivity contribution in [3.8, 4) is 0 Å². The van der Waals surface area contributed by atoms with Crippen molar-refractivity contribution in [2.45, 2.75) is 316 Å². The van der Waals surface area contributed by atoms with E-state index >= 15 is 0 Å². The molecular formula is C62H112O6. The highest BCUT2D eigenvalue weighted by molar-refractivity contribution is 5.71. The normalized spacial score (nSPS) is 12.3. The van der Waals surface area contributed by atoms with Gasteiger partial charge in [0.15, 0.2) is 6.10 Å². The number of rotatable bonds is 54. The van der Waals surface area contributed by atoms with Crippen LogP contribution in [0.2, 0.25) is 0 Å². The van der Waals surface area contributed by atoms with Gasteiger partial charge in [0, 0.05) is 19.3 Å². The van der Waals surface area contributed by atoms with Crippen molar-refractivity contribution in [1.29, 1.82) is 0 Å². The summed E-state index contributed by atoms with van der Waals surface area (Å²) >= 11 is 0. The number of carbonyl (C=O) groups is 3. The zero-order valence-corrected chi connectivity index (χ0v) is 45.4. The van der Waals surface area contributed by atoms with Crippen LogP contribution in [0.1, 0.15) is 310 Å². The van der Waals surface area contributed by atoms with Crippen LogP contribution in [-0.4, -0.2) is 37.2 Å². The molecule has 1 atom stereocenters. The number of hydrogen-bond acceptors (Lipinski definition) is 6. The van der Waals surface area contributed by atoms with Gasteiger partial charge >= 0.3 is 17.9 Å². The van der Waals surface area contributed by atoms with Crippen molar-refractivity contribution >= 4 is 17.9 Å². The molecule has 0 rings (SSSR count). The molecule has 0 fully saturated rings. The van der Waals surface area contributed by atoms with Gasteiger partial charge in [-0.25, -0.2) is 0 Å². The minimum absolute atomic E-state index is 0.0769. The maximum Gasteiger partial charge on any atom is 0.306 e. The molecule has 0 aromatic rings. The molecule has 0 saturated heterocycles. The number of hydrogen-bond donors (Lipinski definition) is 0. The van der Waals surface area contributed by atoms with Gasteiger partial charge in [-0.15, -0.1) is 0 Å². The lowest BCUT2D eigenvalue weighted by Crippen LogP contribution is -2.30. The molecule has 0 saturated carbocycles. The zero-order valence-electron chi connectivity index (χ0n) is 45.4. The quantitative estimate of drug-likeness (QED) is 0.0262. The van der Waals surface area contributed by atoms with Crippen molar-refractivity contribution in [3.63, 3.8) is 0 Å². The summed E-state index contributed by atoms with van der Waals surface area (Å²) in [6, 6.07) is 0. The van der Waals surface area contributed by atoms with E-state index in [0.29, 0.717) is 19.3 Å². The average molecular weight is 954 g/mol. The third kappa shape index (κ3) is 54.3. The molecule has 0 aromatic heterocycles. The van der Waals surface area contributed by atoms with Crippen molar-refractivity contribution in [2.75, 3.05) is 13.2 Å². The molecule has 0 amide bonds. The highest BCUT2D eigenvalue weighted by Gasteiger charge is 2.19. The van der Waals surface area contributed by atoms with E-state index in [-0.39, 0.29) is 31.1 Å². The lowest BCUT2D eigenvalue weighted by molar-refractivity contribution is -0.167. The molecular weight excluding hydrogens is 841 g/mol. The van der Waals surface area contributed by atoms with Crippen LogP contribution >= 0.6 is 0 Å². The molecule has 0 aromatic carbocycles. The first-order chi connectivity index (χ1) is 33.5. The third-order valence-corrected chi connectivity index (χ3v) is 13.1. The standard InChI is InChI=1S/C62H112O6/c1-4-7-10-13-16-19-22-25-28-30-31-33-34-37-40-43-46-49-52-55-61(64)67-58-59(57-66-60(63)54-51-48-45-42-39-36-27-24-21-18-15-12-9-6-3)68-62(65)56-53-50-47-44-41-38-35-32-29-26-23-20-17-14-11-8-5-2/h15-16,18-19,24-25,27-28,59H,4-14,17,20-23,26,29-58H2,1-3H3/b18-15-,19-16-,27-24-,28-25-. The molecule has 6 heteroatoms. The minimum atomic E-state index is -0.778. The summed E-state index contributed by atoms with van der Waals surface area (Å²) in [5.41, 5.74) is 0. The molecule has 0 bridgehead atoms. The molecule has 0 radical (unpaired) electrons. The Kier molecular flexibility index (Phi) is 54.8. The fourth-order valence-corrected chi connectivity index (χ4v) is 8.55. The maximum absolute atomic E-state index is 12.9. The third-order valence-electron chi connectivity index (χ3n) is 13.1. The van der Waals surface area contributed by atoms with Gasteiger partial charge in [0.2, 0.25) is 0 Å². The van der Waals surface area contributed by atoms with Gasteiger partial charge in [-0.3, -0.25) is 14.4 Å². The van der Waals surface area contributed by atoms with Crippen LogP contribution in [0.5, 0.6) is 0 Å². The SMILES string of the molecule is CCCC/C=C\C/C=C\CCCCCCCC(=O)OCC(COC(=O)CCCCCCCCCCC/C=C\C/C=C\CCCCC)OC(=O)CCCCCCCCCCCCCCCCCCC. The molecule has 0 spiro atoms. The predicted molar refractivity (Wildman–Crippen MR) is 293 cm³/mol. The fourth-order valence-electron chi connectivity index (χ4n) is 8.55. The van der Waals surface area contributed by atoms with Gasteiger partial charge in [0.05, 0.1) is 0 Å². The van der Waals surface area contributed by atoms with Crippen molar-refractivity contribution < 1.29 is 28.6 Å². The first kappa shape index (κ1) is 65.4. The van der Waals surface area contributed by atoms with Gasteiger partial charge in [-0.2, -0.15) is 0 Å². The Morgan fingerprint density at radius 1 is 0.294 bits per heavy atom. The van der Waals surface area contributed by atoms with Gasteiger partial charge < -0.3 is 14.2 Å². The van der Waals surface area contributed by atoms with E-state index in [2.05, 4.69) is 69.4 Å². The van der Waals surface area contributed by atoms with E-state index in [1.165, 1.54) is 186 Å². The number of esters is 3. The molecule has 396 valence electrons. The van der Waals surface area contributed by atoms with Crippen molar-refractivity contribution in [1.82, 2.24) is 0 Å². The molecule has 68 heavy (non-hydrogen) atoms. The Bertz CT molecular complexity index is 1190. The van der Waals surface area contributed by atoms with Crippen LogP contribution in [0.15, 0.2) is 48.6 Å². The maximum atomic E-state index is 12.9. The summed E-state index contributed by atoms with van der Waals surface area (Å²) in [5.74, 6) is -0.878. The second-order valence-corrected chi connectivity index (χ2v) is 19.9. The van der Waals surface area contributed by atoms with E-state index in [9.17, 15) is 14.4 Å². The van der Waals surface area contributed by atoms with E-state index < -0.39 is 6.10 Å². The lowest BCUT2D eigenvalue weighted by atomic mass is 10.0. The molecule has 0 N–H and O–H groups in total. The topological polar surface area (TPSA) is 78.9 Å². The van der Waals surface area contributed by atoms with Crippen molar-refractivity contribution in [3.05, 3.63) is 48.6 Å². The van der Waals surface area contributed by atoms with Crippen LogP contribution in [0.25, 0.3) is 0 Å².